The summed E-state index contributed by atoms with van der Waals surface area (Å²) in [6.45, 7) is 0.0742. The largest absolute Gasteiger partial charge is 0.456 e. The van der Waals surface area contributed by atoms with Crippen molar-refractivity contribution >= 4 is 23.5 Å². The van der Waals surface area contributed by atoms with E-state index in [1.807, 2.05) is 30.3 Å². The molecule has 0 aromatic heterocycles. The number of benzene rings is 3. The number of para-hydroxylation sites is 2. The normalized spacial score (nSPS) is 10.2. The Bertz CT molecular complexity index is 958. The van der Waals surface area contributed by atoms with Gasteiger partial charge in [0.15, 0.2) is 6.61 Å². The topological polar surface area (TPSA) is 64.6 Å². The highest BCUT2D eigenvalue weighted by atomic mass is 35.5. The van der Waals surface area contributed by atoms with Gasteiger partial charge >= 0.3 is 5.97 Å². The summed E-state index contributed by atoms with van der Waals surface area (Å²) in [5, 5.41) is 3.39. The summed E-state index contributed by atoms with van der Waals surface area (Å²) >= 11 is 5.85. The predicted molar refractivity (Wildman–Crippen MR) is 111 cm³/mol. The van der Waals surface area contributed by atoms with Crippen LogP contribution in [0.25, 0.3) is 0 Å². The van der Waals surface area contributed by atoms with Crippen LogP contribution in [0.15, 0.2) is 78.9 Å². The predicted octanol–water partition coefficient (Wildman–Crippen LogP) is 4.65. The molecule has 0 saturated heterocycles. The van der Waals surface area contributed by atoms with Crippen LogP contribution in [0.2, 0.25) is 5.02 Å². The smallest absolute Gasteiger partial charge is 0.342 e. The fraction of sp³-hybridized carbons (Fsp3) is 0.130. The number of amides is 1. The maximum Gasteiger partial charge on any atom is 0.342 e. The molecule has 0 saturated carbocycles. The van der Waals surface area contributed by atoms with Crippen LogP contribution in [-0.2, 0) is 16.0 Å². The molecule has 1 N–H and O–H groups in total. The molecular weight excluding hydrogens is 390 g/mol. The van der Waals surface area contributed by atoms with Crippen molar-refractivity contribution in [3.05, 3.63) is 95.0 Å². The van der Waals surface area contributed by atoms with Gasteiger partial charge in [-0.1, -0.05) is 54.1 Å². The van der Waals surface area contributed by atoms with E-state index in [-0.39, 0.29) is 18.1 Å². The molecule has 3 rings (SSSR count). The van der Waals surface area contributed by atoms with E-state index < -0.39 is 5.97 Å². The molecule has 0 unspecified atom stereocenters. The minimum Gasteiger partial charge on any atom is -0.456 e. The molecule has 6 heteroatoms. The average molecular weight is 410 g/mol. The fourth-order valence-corrected chi connectivity index (χ4v) is 2.72. The molecule has 0 aliphatic heterocycles. The third-order valence-corrected chi connectivity index (χ3v) is 4.31. The van der Waals surface area contributed by atoms with Gasteiger partial charge in [0.05, 0.1) is 0 Å². The zero-order valence-electron chi connectivity index (χ0n) is 15.6. The summed E-state index contributed by atoms with van der Waals surface area (Å²) in [5.74, 6) is -0.0160. The van der Waals surface area contributed by atoms with E-state index in [0.717, 1.165) is 5.56 Å². The monoisotopic (exact) mass is 409 g/mol. The molecule has 0 fully saturated rings. The van der Waals surface area contributed by atoms with Crippen LogP contribution >= 0.6 is 11.6 Å². The number of carbonyl (C=O) groups excluding carboxylic acids is 2. The van der Waals surface area contributed by atoms with Crippen molar-refractivity contribution in [1.29, 1.82) is 0 Å². The van der Waals surface area contributed by atoms with Crippen molar-refractivity contribution in [2.45, 2.75) is 6.42 Å². The Labute approximate surface area is 174 Å². The number of halogens is 1. The second kappa shape index (κ2) is 10.3. The quantitative estimate of drug-likeness (QED) is 0.550. The van der Waals surface area contributed by atoms with E-state index in [9.17, 15) is 9.59 Å². The lowest BCUT2D eigenvalue weighted by Crippen LogP contribution is -2.30. The first kappa shape index (κ1) is 20.4. The third-order valence-electron chi connectivity index (χ3n) is 4.06. The Balaban J connectivity index is 1.49. The van der Waals surface area contributed by atoms with Gasteiger partial charge in [0.2, 0.25) is 0 Å². The zero-order valence-corrected chi connectivity index (χ0v) is 16.4. The van der Waals surface area contributed by atoms with Crippen molar-refractivity contribution in [3.63, 3.8) is 0 Å². The minimum atomic E-state index is -0.621. The van der Waals surface area contributed by atoms with Gasteiger partial charge in [0.25, 0.3) is 5.91 Å². The second-order valence-electron chi connectivity index (χ2n) is 6.21. The number of hydrogen-bond acceptors (Lipinski definition) is 4. The average Bonchev–Trinajstić information content (AvgIpc) is 2.74. The van der Waals surface area contributed by atoms with E-state index in [1.165, 1.54) is 0 Å². The van der Waals surface area contributed by atoms with Crippen LogP contribution in [0.3, 0.4) is 0 Å². The first-order chi connectivity index (χ1) is 14.1. The fourth-order valence-electron chi connectivity index (χ4n) is 2.60. The van der Waals surface area contributed by atoms with Gasteiger partial charge in [-0.2, -0.15) is 0 Å². The minimum absolute atomic E-state index is 0.255. The number of nitrogens with one attached hydrogen (secondary N) is 1. The van der Waals surface area contributed by atoms with E-state index in [2.05, 4.69) is 5.32 Å². The van der Waals surface area contributed by atoms with Crippen LogP contribution in [0.5, 0.6) is 11.5 Å². The van der Waals surface area contributed by atoms with Gasteiger partial charge in [-0.05, 0) is 48.4 Å². The Kier molecular flexibility index (Phi) is 7.25. The lowest BCUT2D eigenvalue weighted by Gasteiger charge is -2.11. The molecule has 0 heterocycles. The standard InChI is InChI=1S/C23H20ClNO4/c24-18-12-10-17(11-13-18)14-15-25-22(26)16-28-23(27)20-8-4-5-9-21(20)29-19-6-2-1-3-7-19/h1-13H,14-16H2,(H,25,26). The molecular formula is C23H20ClNO4. The zero-order chi connectivity index (χ0) is 20.5. The maximum absolute atomic E-state index is 12.4. The highest BCUT2D eigenvalue weighted by Gasteiger charge is 2.15. The van der Waals surface area contributed by atoms with Crippen molar-refractivity contribution < 1.29 is 19.1 Å². The SMILES string of the molecule is O=C(COC(=O)c1ccccc1Oc1ccccc1)NCCc1ccc(Cl)cc1. The summed E-state index contributed by atoms with van der Waals surface area (Å²) < 4.78 is 10.9. The molecule has 0 aliphatic carbocycles. The van der Waals surface area contributed by atoms with Crippen LogP contribution in [0.4, 0.5) is 0 Å². The van der Waals surface area contributed by atoms with E-state index in [4.69, 9.17) is 21.1 Å². The van der Waals surface area contributed by atoms with Crippen molar-refractivity contribution in [2.24, 2.45) is 0 Å². The van der Waals surface area contributed by atoms with Crippen molar-refractivity contribution in [1.82, 2.24) is 5.32 Å². The molecule has 29 heavy (non-hydrogen) atoms. The Morgan fingerprint density at radius 3 is 2.31 bits per heavy atom. The van der Waals surface area contributed by atoms with E-state index in [0.29, 0.717) is 29.5 Å². The molecule has 3 aromatic carbocycles. The van der Waals surface area contributed by atoms with E-state index in [1.54, 1.807) is 48.5 Å². The first-order valence-corrected chi connectivity index (χ1v) is 9.50. The Hall–Kier alpha value is -3.31. The van der Waals surface area contributed by atoms with Crippen LogP contribution in [0.1, 0.15) is 15.9 Å². The lowest BCUT2D eigenvalue weighted by atomic mass is 10.1. The molecule has 0 bridgehead atoms. The summed E-state index contributed by atoms with van der Waals surface area (Å²) in [7, 11) is 0. The Morgan fingerprint density at radius 1 is 0.862 bits per heavy atom. The molecule has 148 valence electrons. The molecule has 3 aromatic rings. The number of esters is 1. The molecule has 0 radical (unpaired) electrons. The number of carbonyl (C=O) groups is 2. The van der Waals surface area contributed by atoms with Crippen LogP contribution < -0.4 is 10.1 Å². The summed E-state index contributed by atoms with van der Waals surface area (Å²) in [6, 6.07) is 23.3. The highest BCUT2D eigenvalue weighted by molar-refractivity contribution is 6.30. The molecule has 0 aliphatic rings. The summed E-state index contributed by atoms with van der Waals surface area (Å²) in [5.41, 5.74) is 1.31. The molecule has 5 nitrogen and oxygen atoms in total. The lowest BCUT2D eigenvalue weighted by molar-refractivity contribution is -0.124. The van der Waals surface area contributed by atoms with Gasteiger partial charge in [-0.15, -0.1) is 0 Å². The Morgan fingerprint density at radius 2 is 1.55 bits per heavy atom. The van der Waals surface area contributed by atoms with E-state index >= 15 is 0 Å². The third kappa shape index (κ3) is 6.36. The number of hydrogen-bond donors (Lipinski definition) is 1. The van der Waals surface area contributed by atoms with Crippen LogP contribution in [0, 0.1) is 0 Å². The van der Waals surface area contributed by atoms with Gasteiger partial charge < -0.3 is 14.8 Å². The van der Waals surface area contributed by atoms with Gasteiger partial charge in [0, 0.05) is 11.6 Å². The number of ether oxygens (including phenoxy) is 2. The van der Waals surface area contributed by atoms with Crippen molar-refractivity contribution in [3.8, 4) is 11.5 Å². The molecule has 0 atom stereocenters. The number of rotatable bonds is 8. The van der Waals surface area contributed by atoms with Gasteiger partial charge in [0.1, 0.15) is 17.1 Å². The first-order valence-electron chi connectivity index (χ1n) is 9.12. The van der Waals surface area contributed by atoms with Gasteiger partial charge in [-0.25, -0.2) is 4.79 Å². The highest BCUT2D eigenvalue weighted by Crippen LogP contribution is 2.25. The summed E-state index contributed by atoms with van der Waals surface area (Å²) in [4.78, 5) is 24.4. The maximum atomic E-state index is 12.4. The molecule has 0 spiro atoms. The molecule has 1 amide bonds. The summed E-state index contributed by atoms with van der Waals surface area (Å²) in [6.07, 6.45) is 0.657. The van der Waals surface area contributed by atoms with Crippen molar-refractivity contribution in [2.75, 3.05) is 13.2 Å². The second-order valence-corrected chi connectivity index (χ2v) is 6.65. The van der Waals surface area contributed by atoms with Gasteiger partial charge in [-0.3, -0.25) is 4.79 Å². The van der Waals surface area contributed by atoms with Crippen LogP contribution in [-0.4, -0.2) is 25.0 Å².